The molecule has 3 aromatic heterocycles. The van der Waals surface area contributed by atoms with Crippen molar-refractivity contribution in [2.45, 2.75) is 19.8 Å². The van der Waals surface area contributed by atoms with Crippen molar-refractivity contribution in [3.8, 4) is 22.6 Å². The number of nitrogens with zero attached hydrogens (tertiary/aromatic N) is 1. The van der Waals surface area contributed by atoms with Crippen LogP contribution in [-0.2, 0) is 17.6 Å². The largest absolute Gasteiger partial charge is 0.464 e. The molecule has 140 valence electrons. The number of rotatable bonds is 3. The van der Waals surface area contributed by atoms with Gasteiger partial charge in [0, 0.05) is 16.5 Å². The molecule has 0 saturated heterocycles. The molecule has 0 unspecified atom stereocenters. The molecule has 4 aromatic rings. The predicted octanol–water partition coefficient (Wildman–Crippen LogP) is 5.08. The Labute approximate surface area is 165 Å². The number of hydrogen-bond acceptors (Lipinski definition) is 6. The highest BCUT2D eigenvalue weighted by molar-refractivity contribution is 7.21. The zero-order valence-electron chi connectivity index (χ0n) is 15.3. The van der Waals surface area contributed by atoms with E-state index in [1.807, 2.05) is 18.2 Å². The topological polar surface area (TPSA) is 78.3 Å². The molecule has 0 amide bonds. The third kappa shape index (κ3) is 2.45. The van der Waals surface area contributed by atoms with Crippen molar-refractivity contribution in [1.82, 2.24) is 4.98 Å². The summed E-state index contributed by atoms with van der Waals surface area (Å²) in [5, 5.41) is 0.779. The molecule has 28 heavy (non-hydrogen) atoms. The number of aromatic nitrogens is 1. The number of nitrogens with two attached hydrogens (primary N) is 1. The number of aryl methyl sites for hydroxylation is 1. The van der Waals surface area contributed by atoms with Crippen LogP contribution in [0.4, 0.5) is 5.69 Å². The van der Waals surface area contributed by atoms with E-state index in [1.165, 1.54) is 16.9 Å². The summed E-state index contributed by atoms with van der Waals surface area (Å²) in [4.78, 5) is 18.5. The fraction of sp³-hybridized carbons (Fsp3) is 0.182. The Morgan fingerprint density at radius 2 is 2.11 bits per heavy atom. The first-order chi connectivity index (χ1) is 13.7. The molecule has 5 nitrogen and oxygen atoms in total. The Morgan fingerprint density at radius 3 is 2.89 bits per heavy atom. The second-order valence-electron chi connectivity index (χ2n) is 6.69. The second kappa shape index (κ2) is 6.49. The van der Waals surface area contributed by atoms with E-state index in [0.717, 1.165) is 51.2 Å². The molecule has 5 rings (SSSR count). The summed E-state index contributed by atoms with van der Waals surface area (Å²) in [5.74, 6) is 0.328. The minimum atomic E-state index is -0.410. The van der Waals surface area contributed by atoms with Crippen molar-refractivity contribution in [3.63, 3.8) is 0 Å². The number of esters is 1. The molecule has 0 radical (unpaired) electrons. The molecule has 6 heteroatoms. The van der Waals surface area contributed by atoms with Crippen molar-refractivity contribution in [3.05, 3.63) is 58.7 Å². The Kier molecular flexibility index (Phi) is 3.94. The van der Waals surface area contributed by atoms with Crippen LogP contribution in [0, 0.1) is 0 Å². The number of furan rings is 1. The molecule has 2 N–H and O–H groups in total. The van der Waals surface area contributed by atoms with Crippen LogP contribution >= 0.6 is 11.3 Å². The zero-order chi connectivity index (χ0) is 19.3. The summed E-state index contributed by atoms with van der Waals surface area (Å²) in [7, 11) is 0. The van der Waals surface area contributed by atoms with Gasteiger partial charge in [0.15, 0.2) is 0 Å². The molecule has 3 heterocycles. The normalized spacial score (nSPS) is 12.6. The average Bonchev–Trinajstić information content (AvgIpc) is 3.35. The number of pyridine rings is 1. The molecular weight excluding hydrogens is 372 g/mol. The van der Waals surface area contributed by atoms with Gasteiger partial charge in [0.1, 0.15) is 15.5 Å². The number of nitrogen functional groups attached to an aromatic ring is 1. The van der Waals surface area contributed by atoms with Gasteiger partial charge in [0.05, 0.1) is 24.3 Å². The van der Waals surface area contributed by atoms with Gasteiger partial charge < -0.3 is 14.9 Å². The summed E-state index contributed by atoms with van der Waals surface area (Å²) in [5.41, 5.74) is 12.2. The van der Waals surface area contributed by atoms with E-state index in [1.54, 1.807) is 13.2 Å². The number of ether oxygens (including phenoxy) is 1. The van der Waals surface area contributed by atoms with Gasteiger partial charge in [-0.05, 0) is 43.0 Å². The zero-order valence-corrected chi connectivity index (χ0v) is 16.1. The third-order valence-electron chi connectivity index (χ3n) is 5.12. The smallest absolute Gasteiger partial charge is 0.350 e. The van der Waals surface area contributed by atoms with Crippen LogP contribution in [-0.4, -0.2) is 17.6 Å². The number of hydrogen-bond donors (Lipinski definition) is 1. The van der Waals surface area contributed by atoms with Gasteiger partial charge in [-0.3, -0.25) is 0 Å². The van der Waals surface area contributed by atoms with E-state index in [-0.39, 0.29) is 0 Å². The lowest BCUT2D eigenvalue weighted by atomic mass is 9.85. The molecule has 0 fully saturated rings. The van der Waals surface area contributed by atoms with E-state index in [2.05, 4.69) is 18.2 Å². The minimum Gasteiger partial charge on any atom is -0.464 e. The Morgan fingerprint density at radius 1 is 1.25 bits per heavy atom. The first kappa shape index (κ1) is 17.0. The molecular formula is C22H18N2O3S. The quantitative estimate of drug-likeness (QED) is 0.494. The molecule has 1 aliphatic rings. The van der Waals surface area contributed by atoms with E-state index in [9.17, 15) is 4.79 Å². The van der Waals surface area contributed by atoms with Crippen molar-refractivity contribution >= 4 is 33.2 Å². The maximum atomic E-state index is 12.4. The molecule has 0 aliphatic heterocycles. The lowest BCUT2D eigenvalue weighted by Crippen LogP contribution is -2.08. The molecule has 1 aliphatic carbocycles. The highest BCUT2D eigenvalue weighted by atomic mass is 32.1. The van der Waals surface area contributed by atoms with Crippen molar-refractivity contribution < 1.29 is 13.9 Å². The van der Waals surface area contributed by atoms with Crippen molar-refractivity contribution in [1.29, 1.82) is 0 Å². The van der Waals surface area contributed by atoms with Crippen LogP contribution in [0.15, 0.2) is 47.1 Å². The highest BCUT2D eigenvalue weighted by Crippen LogP contribution is 2.46. The Balaban J connectivity index is 1.87. The predicted molar refractivity (Wildman–Crippen MR) is 111 cm³/mol. The van der Waals surface area contributed by atoms with Gasteiger partial charge in [-0.25, -0.2) is 9.78 Å². The first-order valence-electron chi connectivity index (χ1n) is 9.23. The Bertz CT molecular complexity index is 1210. The molecule has 1 aromatic carbocycles. The monoisotopic (exact) mass is 390 g/mol. The summed E-state index contributed by atoms with van der Waals surface area (Å²) in [6, 6.07) is 12.1. The van der Waals surface area contributed by atoms with Crippen LogP contribution in [0.25, 0.3) is 32.8 Å². The lowest BCUT2D eigenvalue weighted by Gasteiger charge is -2.21. The SMILES string of the molecule is CCOC(=O)c1sc2nc3c(c(-c4ccco4)c2c1N)CCc1ccccc1-3. The number of fused-ring (bicyclic) bond motifs is 4. The molecule has 0 atom stereocenters. The van der Waals surface area contributed by atoms with Crippen molar-refractivity contribution in [2.75, 3.05) is 12.3 Å². The molecule has 0 bridgehead atoms. The fourth-order valence-electron chi connectivity index (χ4n) is 3.93. The summed E-state index contributed by atoms with van der Waals surface area (Å²) in [6.45, 7) is 2.08. The highest BCUT2D eigenvalue weighted by Gasteiger charge is 2.28. The number of carbonyl (C=O) groups is 1. The van der Waals surface area contributed by atoms with Crippen LogP contribution < -0.4 is 5.73 Å². The maximum Gasteiger partial charge on any atom is 0.350 e. The number of anilines is 1. The average molecular weight is 390 g/mol. The first-order valence-corrected chi connectivity index (χ1v) is 10.0. The fourth-order valence-corrected chi connectivity index (χ4v) is 4.92. The molecule has 0 spiro atoms. The van der Waals surface area contributed by atoms with Gasteiger partial charge in [0.2, 0.25) is 0 Å². The van der Waals surface area contributed by atoms with Gasteiger partial charge in [-0.1, -0.05) is 24.3 Å². The summed E-state index contributed by atoms with van der Waals surface area (Å²) < 4.78 is 10.9. The number of benzene rings is 1. The van der Waals surface area contributed by atoms with Crippen LogP contribution in [0.3, 0.4) is 0 Å². The Hall–Kier alpha value is -3.12. The standard InChI is InChI=1S/C22H18N2O3S/c1-2-26-22(25)20-18(23)17-16(15-8-5-11-27-15)14-10-9-12-6-3-4-7-13(12)19(14)24-21(17)28-20/h3-8,11H,2,9-10,23H2,1H3. The van der Waals surface area contributed by atoms with E-state index < -0.39 is 5.97 Å². The summed E-state index contributed by atoms with van der Waals surface area (Å²) in [6.07, 6.45) is 3.42. The molecule has 0 saturated carbocycles. The summed E-state index contributed by atoms with van der Waals surface area (Å²) >= 11 is 1.28. The van der Waals surface area contributed by atoms with Crippen LogP contribution in [0.2, 0.25) is 0 Å². The van der Waals surface area contributed by atoms with E-state index in [4.69, 9.17) is 19.9 Å². The van der Waals surface area contributed by atoms with Gasteiger partial charge >= 0.3 is 5.97 Å². The lowest BCUT2D eigenvalue weighted by molar-refractivity contribution is 0.0533. The van der Waals surface area contributed by atoms with Crippen LogP contribution in [0.1, 0.15) is 27.7 Å². The van der Waals surface area contributed by atoms with Gasteiger partial charge in [0.25, 0.3) is 0 Å². The third-order valence-corrected chi connectivity index (χ3v) is 6.20. The minimum absolute atomic E-state index is 0.300. The number of thiophene rings is 1. The second-order valence-corrected chi connectivity index (χ2v) is 7.69. The van der Waals surface area contributed by atoms with E-state index in [0.29, 0.717) is 17.2 Å². The van der Waals surface area contributed by atoms with Gasteiger partial charge in [-0.15, -0.1) is 11.3 Å². The van der Waals surface area contributed by atoms with Crippen LogP contribution in [0.5, 0.6) is 0 Å². The number of carbonyl (C=O) groups excluding carboxylic acids is 1. The van der Waals surface area contributed by atoms with Crippen molar-refractivity contribution in [2.24, 2.45) is 0 Å². The van der Waals surface area contributed by atoms with E-state index >= 15 is 0 Å². The van der Waals surface area contributed by atoms with Gasteiger partial charge in [-0.2, -0.15) is 0 Å². The maximum absolute atomic E-state index is 12.4.